The monoisotopic (exact) mass is 449 g/mol. The van der Waals surface area contributed by atoms with E-state index in [0.717, 1.165) is 23.2 Å². The van der Waals surface area contributed by atoms with Crippen LogP contribution in [0.15, 0.2) is 72.8 Å². The van der Waals surface area contributed by atoms with Crippen LogP contribution in [0.5, 0.6) is 5.75 Å². The molecule has 0 radical (unpaired) electrons. The maximum atomic E-state index is 13.5. The van der Waals surface area contributed by atoms with Gasteiger partial charge in [0.15, 0.2) is 0 Å². The minimum Gasteiger partial charge on any atom is -0.495 e. The second-order valence-electron chi connectivity index (χ2n) is 7.55. The first-order valence-electron chi connectivity index (χ1n) is 10.4. The van der Waals surface area contributed by atoms with E-state index >= 15 is 0 Å². The Hall–Kier alpha value is -3.51. The molecule has 0 saturated heterocycles. The summed E-state index contributed by atoms with van der Waals surface area (Å²) in [5.74, 6) is 0.330. The summed E-state index contributed by atoms with van der Waals surface area (Å²) < 4.78 is 5.29. The number of amides is 3. The summed E-state index contributed by atoms with van der Waals surface area (Å²) in [6.07, 6.45) is 1.17. The van der Waals surface area contributed by atoms with Crippen molar-refractivity contribution in [3.8, 4) is 5.75 Å². The average molecular weight is 450 g/mol. The van der Waals surface area contributed by atoms with Crippen LogP contribution in [0.2, 0.25) is 5.02 Å². The zero-order chi connectivity index (χ0) is 22.5. The van der Waals surface area contributed by atoms with Gasteiger partial charge < -0.3 is 20.3 Å². The van der Waals surface area contributed by atoms with Gasteiger partial charge in [-0.15, -0.1) is 0 Å². The van der Waals surface area contributed by atoms with Gasteiger partial charge in [-0.2, -0.15) is 0 Å². The van der Waals surface area contributed by atoms with Crippen LogP contribution in [0.3, 0.4) is 0 Å². The molecule has 4 rings (SSSR count). The van der Waals surface area contributed by atoms with E-state index in [1.54, 1.807) is 23.1 Å². The second kappa shape index (κ2) is 9.75. The van der Waals surface area contributed by atoms with Crippen LogP contribution in [0.4, 0.5) is 16.2 Å². The van der Waals surface area contributed by atoms with Crippen LogP contribution < -0.4 is 20.3 Å². The highest BCUT2D eigenvalue weighted by atomic mass is 35.5. The largest absolute Gasteiger partial charge is 0.495 e. The van der Waals surface area contributed by atoms with E-state index in [1.165, 1.54) is 7.11 Å². The number of methoxy groups -OCH3 is 1. The molecule has 1 atom stereocenters. The molecule has 32 heavy (non-hydrogen) atoms. The summed E-state index contributed by atoms with van der Waals surface area (Å²) in [5, 5.41) is 6.07. The lowest BCUT2D eigenvalue weighted by Gasteiger charge is -2.25. The molecule has 0 aromatic heterocycles. The maximum Gasteiger partial charge on any atom is 0.320 e. The summed E-state index contributed by atoms with van der Waals surface area (Å²) in [4.78, 5) is 28.1. The minimum absolute atomic E-state index is 0.146. The van der Waals surface area contributed by atoms with E-state index < -0.39 is 12.1 Å². The number of carbonyl (C=O) groups is 2. The Morgan fingerprint density at radius 3 is 2.59 bits per heavy atom. The molecule has 6 nitrogen and oxygen atoms in total. The SMILES string of the molecule is COc1ccc(Cl)cc1NC(=O)NC(Cc1ccccc1)C(=O)N1CCc2ccccc21. The van der Waals surface area contributed by atoms with Crippen molar-refractivity contribution in [2.75, 3.05) is 23.9 Å². The number of halogens is 1. The predicted octanol–water partition coefficient (Wildman–Crippen LogP) is 4.67. The standard InChI is InChI=1S/C25H24ClN3O3/c1-32-23-12-11-19(26)16-20(23)27-25(31)28-21(15-17-7-3-2-4-8-17)24(30)29-14-13-18-9-5-6-10-22(18)29/h2-12,16,21H,13-15H2,1H3,(H2,27,28,31). The first-order valence-corrected chi connectivity index (χ1v) is 10.8. The van der Waals surface area contributed by atoms with Crippen molar-refractivity contribution in [3.63, 3.8) is 0 Å². The lowest BCUT2D eigenvalue weighted by molar-refractivity contribution is -0.120. The Labute approximate surface area is 192 Å². The summed E-state index contributed by atoms with van der Waals surface area (Å²) >= 11 is 6.07. The topological polar surface area (TPSA) is 70.7 Å². The minimum atomic E-state index is -0.742. The molecule has 3 amide bonds. The number of urea groups is 1. The predicted molar refractivity (Wildman–Crippen MR) is 127 cm³/mol. The summed E-state index contributed by atoms with van der Waals surface area (Å²) in [6, 6.07) is 21.2. The molecule has 2 N–H and O–H groups in total. The van der Waals surface area contributed by atoms with Gasteiger partial charge in [-0.25, -0.2) is 4.79 Å². The lowest BCUT2D eigenvalue weighted by Crippen LogP contribution is -2.50. The third-order valence-electron chi connectivity index (χ3n) is 5.45. The Bertz CT molecular complexity index is 1120. The molecule has 1 aliphatic rings. The number of hydrogen-bond donors (Lipinski definition) is 2. The van der Waals surface area contributed by atoms with Gasteiger partial charge in [0.2, 0.25) is 5.91 Å². The van der Waals surface area contributed by atoms with Crippen LogP contribution in [-0.4, -0.2) is 31.6 Å². The van der Waals surface area contributed by atoms with Gasteiger partial charge in [-0.05, 0) is 41.8 Å². The van der Waals surface area contributed by atoms with Crippen molar-refractivity contribution >= 4 is 34.9 Å². The zero-order valence-electron chi connectivity index (χ0n) is 17.7. The zero-order valence-corrected chi connectivity index (χ0v) is 18.4. The fourth-order valence-corrected chi connectivity index (χ4v) is 4.07. The number of nitrogens with one attached hydrogen (secondary N) is 2. The summed E-state index contributed by atoms with van der Waals surface area (Å²) in [6.45, 7) is 0.592. The maximum absolute atomic E-state index is 13.5. The lowest BCUT2D eigenvalue weighted by atomic mass is 10.0. The number of anilines is 2. The van der Waals surface area contributed by atoms with E-state index in [4.69, 9.17) is 16.3 Å². The number of nitrogens with zero attached hydrogens (tertiary/aromatic N) is 1. The van der Waals surface area contributed by atoms with E-state index in [-0.39, 0.29) is 5.91 Å². The first kappa shape index (κ1) is 21.7. The third-order valence-corrected chi connectivity index (χ3v) is 5.68. The molecule has 164 valence electrons. The number of hydrogen-bond acceptors (Lipinski definition) is 3. The van der Waals surface area contributed by atoms with Crippen molar-refractivity contribution in [1.82, 2.24) is 5.32 Å². The molecular formula is C25H24ClN3O3. The molecule has 0 spiro atoms. The second-order valence-corrected chi connectivity index (χ2v) is 7.99. The Morgan fingerprint density at radius 2 is 1.81 bits per heavy atom. The summed E-state index contributed by atoms with van der Waals surface area (Å²) in [5.41, 5.74) is 3.41. The molecule has 1 heterocycles. The Balaban J connectivity index is 1.55. The molecule has 1 unspecified atom stereocenters. The highest BCUT2D eigenvalue weighted by molar-refractivity contribution is 6.31. The molecule has 0 saturated carbocycles. The quantitative estimate of drug-likeness (QED) is 0.574. The van der Waals surface area contributed by atoms with Crippen molar-refractivity contribution in [1.29, 1.82) is 0 Å². The van der Waals surface area contributed by atoms with Crippen LogP contribution in [0.1, 0.15) is 11.1 Å². The molecule has 0 fully saturated rings. The van der Waals surface area contributed by atoms with Gasteiger partial charge in [-0.1, -0.05) is 60.1 Å². The molecule has 7 heteroatoms. The van der Waals surface area contributed by atoms with Crippen LogP contribution in [0.25, 0.3) is 0 Å². The van der Waals surface area contributed by atoms with Crippen LogP contribution in [-0.2, 0) is 17.6 Å². The Kier molecular flexibility index (Phi) is 6.61. The van der Waals surface area contributed by atoms with E-state index in [1.807, 2.05) is 54.6 Å². The molecule has 0 bridgehead atoms. The van der Waals surface area contributed by atoms with Crippen molar-refractivity contribution < 1.29 is 14.3 Å². The fraction of sp³-hybridized carbons (Fsp3) is 0.200. The van der Waals surface area contributed by atoms with Crippen molar-refractivity contribution in [2.45, 2.75) is 18.9 Å². The normalized spacial score (nSPS) is 13.2. The molecule has 3 aromatic rings. The highest BCUT2D eigenvalue weighted by Gasteiger charge is 2.31. The van der Waals surface area contributed by atoms with Gasteiger partial charge in [0.1, 0.15) is 11.8 Å². The van der Waals surface area contributed by atoms with E-state index in [0.29, 0.717) is 29.4 Å². The highest BCUT2D eigenvalue weighted by Crippen LogP contribution is 2.29. The fourth-order valence-electron chi connectivity index (χ4n) is 3.90. The number of ether oxygens (including phenoxy) is 1. The van der Waals surface area contributed by atoms with Gasteiger partial charge in [0, 0.05) is 23.7 Å². The van der Waals surface area contributed by atoms with Gasteiger partial charge >= 0.3 is 6.03 Å². The van der Waals surface area contributed by atoms with Crippen LogP contribution >= 0.6 is 11.6 Å². The molecule has 1 aliphatic heterocycles. The molecular weight excluding hydrogens is 426 g/mol. The number of para-hydroxylation sites is 1. The number of rotatable bonds is 6. The van der Waals surface area contributed by atoms with Crippen LogP contribution in [0, 0.1) is 0 Å². The van der Waals surface area contributed by atoms with E-state index in [9.17, 15) is 9.59 Å². The van der Waals surface area contributed by atoms with Crippen molar-refractivity contribution in [3.05, 3.63) is 88.9 Å². The number of carbonyl (C=O) groups excluding carboxylic acids is 2. The smallest absolute Gasteiger partial charge is 0.320 e. The third kappa shape index (κ3) is 4.86. The first-order chi connectivity index (χ1) is 15.5. The number of fused-ring (bicyclic) bond motifs is 1. The summed E-state index contributed by atoms with van der Waals surface area (Å²) in [7, 11) is 1.51. The van der Waals surface area contributed by atoms with Gasteiger partial charge in [-0.3, -0.25) is 4.79 Å². The average Bonchev–Trinajstić information content (AvgIpc) is 3.23. The van der Waals surface area contributed by atoms with Gasteiger partial charge in [0.25, 0.3) is 0 Å². The Morgan fingerprint density at radius 1 is 1.06 bits per heavy atom. The van der Waals surface area contributed by atoms with E-state index in [2.05, 4.69) is 10.6 Å². The molecule has 3 aromatic carbocycles. The van der Waals surface area contributed by atoms with Gasteiger partial charge in [0.05, 0.1) is 12.8 Å². The van der Waals surface area contributed by atoms with Crippen molar-refractivity contribution in [2.24, 2.45) is 0 Å². The number of benzene rings is 3. The molecule has 0 aliphatic carbocycles.